The Balaban J connectivity index is 1.43. The van der Waals surface area contributed by atoms with Crippen molar-refractivity contribution >= 4 is 11.8 Å². The molecular formula is C20H31N7O. The molecule has 8 heteroatoms. The number of ether oxygens (including phenoxy) is 1. The Morgan fingerprint density at radius 2 is 1.96 bits per heavy atom. The van der Waals surface area contributed by atoms with Gasteiger partial charge in [-0.05, 0) is 51.4 Å². The summed E-state index contributed by atoms with van der Waals surface area (Å²) in [5, 5.41) is 7.24. The van der Waals surface area contributed by atoms with Crippen molar-refractivity contribution in [1.82, 2.24) is 25.1 Å². The number of piperidine rings is 1. The average Bonchev–Trinajstić information content (AvgIpc) is 3.34. The van der Waals surface area contributed by atoms with Crippen LogP contribution < -0.4 is 9.80 Å². The number of H-pyrrole nitrogens is 1. The van der Waals surface area contributed by atoms with E-state index in [1.54, 1.807) is 7.11 Å². The highest BCUT2D eigenvalue weighted by atomic mass is 16.5. The second-order valence-electron chi connectivity index (χ2n) is 8.14. The second-order valence-corrected chi connectivity index (χ2v) is 8.14. The van der Waals surface area contributed by atoms with E-state index in [4.69, 9.17) is 9.72 Å². The third-order valence-corrected chi connectivity index (χ3v) is 6.24. The molecule has 0 amide bonds. The zero-order chi connectivity index (χ0) is 19.7. The van der Waals surface area contributed by atoms with Crippen molar-refractivity contribution in [2.75, 3.05) is 57.2 Å². The Kier molecular flexibility index (Phi) is 5.50. The maximum Gasteiger partial charge on any atom is 0.227 e. The number of methoxy groups -OCH3 is 1. The first-order valence-corrected chi connectivity index (χ1v) is 10.1. The zero-order valence-electron chi connectivity index (χ0n) is 17.3. The molecule has 2 aromatic heterocycles. The fourth-order valence-electron chi connectivity index (χ4n) is 4.50. The third kappa shape index (κ3) is 3.71. The van der Waals surface area contributed by atoms with Gasteiger partial charge in [0.25, 0.3) is 0 Å². The van der Waals surface area contributed by atoms with Crippen LogP contribution in [0.25, 0.3) is 0 Å². The lowest BCUT2D eigenvalue weighted by Gasteiger charge is -2.32. The maximum absolute atomic E-state index is 5.70. The van der Waals surface area contributed by atoms with Crippen LogP contribution in [0.3, 0.4) is 0 Å². The van der Waals surface area contributed by atoms with E-state index in [1.807, 2.05) is 18.5 Å². The minimum atomic E-state index is 0.197. The van der Waals surface area contributed by atoms with E-state index in [-0.39, 0.29) is 6.10 Å². The summed E-state index contributed by atoms with van der Waals surface area (Å²) in [7, 11) is 6.01. The second kappa shape index (κ2) is 8.05. The Bertz CT molecular complexity index is 784. The number of hydrogen-bond donors (Lipinski definition) is 1. The largest absolute Gasteiger partial charge is 0.378 e. The summed E-state index contributed by atoms with van der Waals surface area (Å²) >= 11 is 0. The Hall–Kier alpha value is -2.19. The van der Waals surface area contributed by atoms with E-state index in [0.717, 1.165) is 50.8 Å². The number of hydrogen-bond acceptors (Lipinski definition) is 7. The van der Waals surface area contributed by atoms with Crippen molar-refractivity contribution in [3.63, 3.8) is 0 Å². The number of nitrogens with one attached hydrogen (secondary N) is 1. The average molecular weight is 386 g/mol. The summed E-state index contributed by atoms with van der Waals surface area (Å²) in [6.07, 6.45) is 6.27. The molecular weight excluding hydrogens is 354 g/mol. The molecule has 0 saturated carbocycles. The highest BCUT2D eigenvalue weighted by molar-refractivity contribution is 5.46. The van der Waals surface area contributed by atoms with Crippen LogP contribution in [0.4, 0.5) is 11.8 Å². The SMILES string of the molecule is CO[C@@H]1CN(c2ccnc(N3CCC(c4cn[nH]c4C)CC3)n2)C[C@@H]1N(C)C. The minimum Gasteiger partial charge on any atom is -0.378 e. The first-order valence-electron chi connectivity index (χ1n) is 10.1. The van der Waals surface area contributed by atoms with E-state index >= 15 is 0 Å². The van der Waals surface area contributed by atoms with Gasteiger partial charge in [-0.1, -0.05) is 0 Å². The molecule has 0 unspecified atom stereocenters. The normalized spacial score (nSPS) is 23.8. The Morgan fingerprint density at radius 3 is 2.57 bits per heavy atom. The van der Waals surface area contributed by atoms with Crippen LogP contribution in [0.2, 0.25) is 0 Å². The third-order valence-electron chi connectivity index (χ3n) is 6.24. The number of aromatic amines is 1. The van der Waals surface area contributed by atoms with Crippen LogP contribution in [-0.4, -0.2) is 84.6 Å². The van der Waals surface area contributed by atoms with Gasteiger partial charge in [-0.3, -0.25) is 5.10 Å². The lowest BCUT2D eigenvalue weighted by Crippen LogP contribution is -2.39. The van der Waals surface area contributed by atoms with Gasteiger partial charge < -0.3 is 19.4 Å². The number of nitrogens with zero attached hydrogens (tertiary/aromatic N) is 6. The van der Waals surface area contributed by atoms with Gasteiger partial charge in [0.05, 0.1) is 18.3 Å². The van der Waals surface area contributed by atoms with Crippen LogP contribution in [-0.2, 0) is 4.74 Å². The molecule has 2 aliphatic heterocycles. The molecule has 8 nitrogen and oxygen atoms in total. The van der Waals surface area contributed by atoms with Gasteiger partial charge in [0.2, 0.25) is 5.95 Å². The smallest absolute Gasteiger partial charge is 0.227 e. The number of aromatic nitrogens is 4. The van der Waals surface area contributed by atoms with Gasteiger partial charge in [-0.25, -0.2) is 4.98 Å². The van der Waals surface area contributed by atoms with E-state index in [2.05, 4.69) is 50.9 Å². The quantitative estimate of drug-likeness (QED) is 0.839. The van der Waals surface area contributed by atoms with Crippen molar-refractivity contribution < 1.29 is 4.74 Å². The molecule has 4 rings (SSSR count). The molecule has 2 aliphatic rings. The Morgan fingerprint density at radius 1 is 1.18 bits per heavy atom. The molecule has 0 bridgehead atoms. The first-order chi connectivity index (χ1) is 13.6. The van der Waals surface area contributed by atoms with E-state index in [9.17, 15) is 0 Å². The monoisotopic (exact) mass is 385 g/mol. The lowest BCUT2D eigenvalue weighted by atomic mass is 9.90. The van der Waals surface area contributed by atoms with Gasteiger partial charge in [-0.15, -0.1) is 0 Å². The van der Waals surface area contributed by atoms with Crippen molar-refractivity contribution in [2.24, 2.45) is 0 Å². The van der Waals surface area contributed by atoms with Crippen molar-refractivity contribution in [1.29, 1.82) is 0 Å². The number of likely N-dealkylation sites (N-methyl/N-ethyl adjacent to an activating group) is 1. The fraction of sp³-hybridized carbons (Fsp3) is 0.650. The van der Waals surface area contributed by atoms with E-state index < -0.39 is 0 Å². The van der Waals surface area contributed by atoms with Crippen LogP contribution >= 0.6 is 0 Å². The fourth-order valence-corrected chi connectivity index (χ4v) is 4.50. The summed E-state index contributed by atoms with van der Waals surface area (Å²) in [5.74, 6) is 2.39. The highest BCUT2D eigenvalue weighted by Gasteiger charge is 2.35. The molecule has 152 valence electrons. The summed E-state index contributed by atoms with van der Waals surface area (Å²) in [5.41, 5.74) is 2.54. The van der Waals surface area contributed by atoms with Gasteiger partial charge in [0.15, 0.2) is 0 Å². The zero-order valence-corrected chi connectivity index (χ0v) is 17.3. The summed E-state index contributed by atoms with van der Waals surface area (Å²) < 4.78 is 5.70. The number of rotatable bonds is 5. The molecule has 1 N–H and O–H groups in total. The summed E-state index contributed by atoms with van der Waals surface area (Å²) in [4.78, 5) is 16.3. The maximum atomic E-state index is 5.70. The lowest BCUT2D eigenvalue weighted by molar-refractivity contribution is 0.0639. The molecule has 2 aromatic rings. The van der Waals surface area contributed by atoms with E-state index in [0.29, 0.717) is 12.0 Å². The molecule has 2 saturated heterocycles. The van der Waals surface area contributed by atoms with Crippen LogP contribution in [0.5, 0.6) is 0 Å². The van der Waals surface area contributed by atoms with Crippen LogP contribution in [0, 0.1) is 6.92 Å². The van der Waals surface area contributed by atoms with Gasteiger partial charge in [0.1, 0.15) is 5.82 Å². The number of anilines is 2. The van der Waals surface area contributed by atoms with Crippen LogP contribution in [0.15, 0.2) is 18.5 Å². The van der Waals surface area contributed by atoms with Crippen molar-refractivity contribution in [3.05, 3.63) is 29.7 Å². The van der Waals surface area contributed by atoms with Crippen molar-refractivity contribution in [3.8, 4) is 0 Å². The number of aryl methyl sites for hydroxylation is 1. The molecule has 0 radical (unpaired) electrons. The molecule has 4 heterocycles. The highest BCUT2D eigenvalue weighted by Crippen LogP contribution is 2.31. The Labute approximate surface area is 166 Å². The van der Waals surface area contributed by atoms with Crippen molar-refractivity contribution in [2.45, 2.75) is 37.8 Å². The van der Waals surface area contributed by atoms with Gasteiger partial charge in [-0.2, -0.15) is 10.1 Å². The molecule has 0 aromatic carbocycles. The predicted octanol–water partition coefficient (Wildman–Crippen LogP) is 1.66. The topological polar surface area (TPSA) is 73.4 Å². The first kappa shape index (κ1) is 19.1. The molecule has 0 aliphatic carbocycles. The predicted molar refractivity (Wildman–Crippen MR) is 110 cm³/mol. The molecule has 2 atom stereocenters. The van der Waals surface area contributed by atoms with E-state index in [1.165, 1.54) is 11.3 Å². The minimum absolute atomic E-state index is 0.197. The van der Waals surface area contributed by atoms with Gasteiger partial charge >= 0.3 is 0 Å². The standard InChI is InChI=1S/C20H31N7O/c1-14-16(11-22-24-14)15-6-9-26(10-7-15)20-21-8-5-19(23-20)27-12-17(25(2)3)18(13-27)28-4/h5,8,11,15,17-18H,6-7,9-10,12-13H2,1-4H3,(H,22,24)/t17-,18+/m0/s1. The summed E-state index contributed by atoms with van der Waals surface area (Å²) in [6.45, 7) is 5.83. The summed E-state index contributed by atoms with van der Waals surface area (Å²) in [6, 6.07) is 2.38. The molecule has 28 heavy (non-hydrogen) atoms. The van der Waals surface area contributed by atoms with Crippen LogP contribution in [0.1, 0.15) is 30.0 Å². The molecule has 0 spiro atoms. The van der Waals surface area contributed by atoms with Gasteiger partial charge in [0, 0.05) is 45.2 Å². The molecule has 2 fully saturated rings.